The highest BCUT2D eigenvalue weighted by molar-refractivity contribution is 9.10. The van der Waals surface area contributed by atoms with Crippen molar-refractivity contribution in [2.24, 2.45) is 0 Å². The standard InChI is InChI=1S/C11H14BrNO3/c1-3-8(2)16-7-9-4-5-10(12)11(6-9)13(14)15/h4-6,8H,3,7H2,1-2H3. The average molecular weight is 288 g/mol. The van der Waals surface area contributed by atoms with Crippen LogP contribution in [0.25, 0.3) is 0 Å². The molecule has 1 aromatic rings. The lowest BCUT2D eigenvalue weighted by Crippen LogP contribution is -2.06. The van der Waals surface area contributed by atoms with Gasteiger partial charge >= 0.3 is 0 Å². The number of hydrogen-bond donors (Lipinski definition) is 0. The fourth-order valence-corrected chi connectivity index (χ4v) is 1.54. The van der Waals surface area contributed by atoms with Crippen LogP contribution in [-0.2, 0) is 11.3 Å². The Balaban J connectivity index is 2.75. The van der Waals surface area contributed by atoms with Gasteiger partial charge in [0.25, 0.3) is 5.69 Å². The Kier molecular flexibility index (Phi) is 4.89. The first-order valence-corrected chi connectivity index (χ1v) is 5.88. The maximum atomic E-state index is 10.7. The van der Waals surface area contributed by atoms with Crippen LogP contribution in [0.1, 0.15) is 25.8 Å². The van der Waals surface area contributed by atoms with Crippen molar-refractivity contribution in [3.05, 3.63) is 38.3 Å². The molecule has 0 N–H and O–H groups in total. The van der Waals surface area contributed by atoms with E-state index in [0.717, 1.165) is 12.0 Å². The minimum absolute atomic E-state index is 0.0743. The van der Waals surface area contributed by atoms with Crippen molar-refractivity contribution in [1.29, 1.82) is 0 Å². The molecule has 0 radical (unpaired) electrons. The lowest BCUT2D eigenvalue weighted by Gasteiger charge is -2.10. The van der Waals surface area contributed by atoms with E-state index in [4.69, 9.17) is 4.74 Å². The summed E-state index contributed by atoms with van der Waals surface area (Å²) in [6, 6.07) is 5.03. The molecule has 88 valence electrons. The molecule has 0 bridgehead atoms. The predicted molar refractivity (Wildman–Crippen MR) is 65.3 cm³/mol. The molecule has 1 rings (SSSR count). The van der Waals surface area contributed by atoms with Crippen molar-refractivity contribution in [2.45, 2.75) is 33.0 Å². The first kappa shape index (κ1) is 13.1. The minimum atomic E-state index is -0.406. The molecular formula is C11H14BrNO3. The first-order valence-electron chi connectivity index (χ1n) is 5.09. The van der Waals surface area contributed by atoms with Gasteiger partial charge in [-0.25, -0.2) is 0 Å². The Morgan fingerprint density at radius 2 is 2.25 bits per heavy atom. The molecule has 0 aliphatic heterocycles. The lowest BCUT2D eigenvalue weighted by atomic mass is 10.2. The molecule has 0 saturated carbocycles. The normalized spacial score (nSPS) is 12.4. The van der Waals surface area contributed by atoms with Crippen molar-refractivity contribution in [1.82, 2.24) is 0 Å². The number of hydrogen-bond acceptors (Lipinski definition) is 3. The molecule has 1 atom stereocenters. The molecule has 1 aromatic carbocycles. The number of nitrogens with zero attached hydrogens (tertiary/aromatic N) is 1. The monoisotopic (exact) mass is 287 g/mol. The number of rotatable bonds is 5. The van der Waals surface area contributed by atoms with Gasteiger partial charge in [0.2, 0.25) is 0 Å². The zero-order chi connectivity index (χ0) is 12.1. The van der Waals surface area contributed by atoms with Gasteiger partial charge in [-0.05, 0) is 40.9 Å². The number of nitro benzene ring substituents is 1. The van der Waals surface area contributed by atoms with Crippen LogP contribution in [0, 0.1) is 10.1 Å². The van der Waals surface area contributed by atoms with Gasteiger partial charge in [0.15, 0.2) is 0 Å². The number of nitro groups is 1. The maximum absolute atomic E-state index is 10.7. The Morgan fingerprint density at radius 3 is 2.81 bits per heavy atom. The van der Waals surface area contributed by atoms with Crippen molar-refractivity contribution < 1.29 is 9.66 Å². The molecule has 0 aromatic heterocycles. The van der Waals surface area contributed by atoms with Crippen LogP contribution in [0.5, 0.6) is 0 Å². The fraction of sp³-hybridized carbons (Fsp3) is 0.455. The molecule has 0 amide bonds. The maximum Gasteiger partial charge on any atom is 0.283 e. The van der Waals surface area contributed by atoms with Crippen molar-refractivity contribution >= 4 is 21.6 Å². The molecule has 1 unspecified atom stereocenters. The Hall–Kier alpha value is -0.940. The quantitative estimate of drug-likeness (QED) is 0.613. The fourth-order valence-electron chi connectivity index (χ4n) is 1.14. The summed E-state index contributed by atoms with van der Waals surface area (Å²) in [7, 11) is 0. The van der Waals surface area contributed by atoms with Gasteiger partial charge in [0.05, 0.1) is 22.1 Å². The summed E-state index contributed by atoms with van der Waals surface area (Å²) in [5.74, 6) is 0. The van der Waals surface area contributed by atoms with Crippen LogP contribution in [0.15, 0.2) is 22.7 Å². The van der Waals surface area contributed by atoms with Gasteiger partial charge < -0.3 is 4.74 Å². The average Bonchev–Trinajstić information content (AvgIpc) is 2.27. The van der Waals surface area contributed by atoms with Crippen molar-refractivity contribution in [3.8, 4) is 0 Å². The molecule has 0 heterocycles. The van der Waals surface area contributed by atoms with Gasteiger partial charge in [-0.15, -0.1) is 0 Å². The summed E-state index contributed by atoms with van der Waals surface area (Å²) in [4.78, 5) is 10.3. The molecule has 5 heteroatoms. The molecule has 0 saturated heterocycles. The Bertz CT molecular complexity index is 381. The van der Waals surface area contributed by atoms with Crippen molar-refractivity contribution in [3.63, 3.8) is 0 Å². The summed E-state index contributed by atoms with van der Waals surface area (Å²) in [5.41, 5.74) is 0.889. The molecule has 0 aliphatic rings. The van der Waals surface area contributed by atoms with Gasteiger partial charge in [0.1, 0.15) is 0 Å². The van der Waals surface area contributed by atoms with Crippen LogP contribution in [0.4, 0.5) is 5.69 Å². The second kappa shape index (κ2) is 5.96. The summed E-state index contributed by atoms with van der Waals surface area (Å²) in [5, 5.41) is 10.7. The summed E-state index contributed by atoms with van der Waals surface area (Å²) in [6.07, 6.45) is 1.10. The lowest BCUT2D eigenvalue weighted by molar-refractivity contribution is -0.385. The Morgan fingerprint density at radius 1 is 1.56 bits per heavy atom. The molecule has 16 heavy (non-hydrogen) atoms. The number of halogens is 1. The van der Waals surface area contributed by atoms with E-state index in [1.54, 1.807) is 6.07 Å². The number of benzene rings is 1. The molecular weight excluding hydrogens is 274 g/mol. The largest absolute Gasteiger partial charge is 0.374 e. The highest BCUT2D eigenvalue weighted by Crippen LogP contribution is 2.26. The zero-order valence-electron chi connectivity index (χ0n) is 9.27. The van der Waals surface area contributed by atoms with Crippen LogP contribution in [-0.4, -0.2) is 11.0 Å². The summed E-state index contributed by atoms with van der Waals surface area (Å²) in [6.45, 7) is 4.42. The molecule has 0 fully saturated rings. The SMILES string of the molecule is CCC(C)OCc1ccc(Br)c([N+](=O)[O-])c1. The minimum Gasteiger partial charge on any atom is -0.374 e. The van der Waals surface area contributed by atoms with Gasteiger partial charge in [-0.1, -0.05) is 13.0 Å². The summed E-state index contributed by atoms with van der Waals surface area (Å²) >= 11 is 3.14. The van der Waals surface area contributed by atoms with E-state index in [1.807, 2.05) is 19.9 Å². The van der Waals surface area contributed by atoms with Gasteiger partial charge in [-0.3, -0.25) is 10.1 Å². The van der Waals surface area contributed by atoms with E-state index >= 15 is 0 Å². The van der Waals surface area contributed by atoms with E-state index in [9.17, 15) is 10.1 Å². The van der Waals surface area contributed by atoms with Crippen LogP contribution in [0.2, 0.25) is 0 Å². The number of ether oxygens (including phenoxy) is 1. The van der Waals surface area contributed by atoms with Crippen LogP contribution < -0.4 is 0 Å². The Labute approximate surface area is 103 Å². The third kappa shape index (κ3) is 3.57. The summed E-state index contributed by atoms with van der Waals surface area (Å²) < 4.78 is 6.00. The van der Waals surface area contributed by atoms with Gasteiger partial charge in [-0.2, -0.15) is 0 Å². The van der Waals surface area contributed by atoms with Crippen LogP contribution >= 0.6 is 15.9 Å². The van der Waals surface area contributed by atoms with E-state index in [0.29, 0.717) is 11.1 Å². The molecule has 0 aliphatic carbocycles. The second-order valence-electron chi connectivity index (χ2n) is 3.57. The predicted octanol–water partition coefficient (Wildman–Crippen LogP) is 3.67. The zero-order valence-corrected chi connectivity index (χ0v) is 10.9. The van der Waals surface area contributed by atoms with E-state index in [2.05, 4.69) is 15.9 Å². The highest BCUT2D eigenvalue weighted by Gasteiger charge is 2.12. The third-order valence-corrected chi connectivity index (χ3v) is 2.99. The van der Waals surface area contributed by atoms with E-state index < -0.39 is 4.92 Å². The highest BCUT2D eigenvalue weighted by atomic mass is 79.9. The smallest absolute Gasteiger partial charge is 0.283 e. The second-order valence-corrected chi connectivity index (χ2v) is 4.43. The first-order chi connectivity index (χ1) is 7.54. The molecule has 4 nitrogen and oxygen atoms in total. The molecule has 0 spiro atoms. The van der Waals surface area contributed by atoms with Gasteiger partial charge in [0, 0.05) is 6.07 Å². The topological polar surface area (TPSA) is 52.4 Å². The van der Waals surface area contributed by atoms with Crippen LogP contribution in [0.3, 0.4) is 0 Å². The van der Waals surface area contributed by atoms with E-state index in [1.165, 1.54) is 6.07 Å². The van der Waals surface area contributed by atoms with Crippen molar-refractivity contribution in [2.75, 3.05) is 0 Å². The third-order valence-electron chi connectivity index (χ3n) is 2.32. The van der Waals surface area contributed by atoms with E-state index in [-0.39, 0.29) is 11.8 Å².